The molecule has 0 radical (unpaired) electrons. The third kappa shape index (κ3) is 3.12. The fraction of sp³-hybridized carbons (Fsp3) is 0.250. The average molecular weight is 260 g/mol. The summed E-state index contributed by atoms with van der Waals surface area (Å²) in [5.41, 5.74) is 1.56. The van der Waals surface area contributed by atoms with Gasteiger partial charge in [0.15, 0.2) is 11.6 Å². The van der Waals surface area contributed by atoms with Crippen LogP contribution in [-0.2, 0) is 6.61 Å². The quantitative estimate of drug-likeness (QED) is 0.891. The fourth-order valence-corrected chi connectivity index (χ4v) is 1.85. The Morgan fingerprint density at radius 3 is 2.58 bits per heavy atom. The van der Waals surface area contributed by atoms with E-state index in [1.165, 1.54) is 6.07 Å². The summed E-state index contributed by atoms with van der Waals surface area (Å²) in [6.45, 7) is 3.92. The normalized spacial score (nSPS) is 10.8. The number of para-hydroxylation sites is 1. The maximum atomic E-state index is 13.7. The zero-order valence-electron chi connectivity index (χ0n) is 11.1. The first-order chi connectivity index (χ1) is 9.11. The van der Waals surface area contributed by atoms with E-state index in [2.05, 4.69) is 13.8 Å². The Hall–Kier alpha value is -1.87. The Morgan fingerprint density at radius 1 is 1.16 bits per heavy atom. The van der Waals surface area contributed by atoms with Crippen molar-refractivity contribution >= 4 is 0 Å². The molecule has 19 heavy (non-hydrogen) atoms. The molecule has 0 bridgehead atoms. The van der Waals surface area contributed by atoms with Crippen molar-refractivity contribution in [3.8, 4) is 11.5 Å². The topological polar surface area (TPSA) is 29.5 Å². The number of aliphatic hydroxyl groups excluding tert-OH is 1. The summed E-state index contributed by atoms with van der Waals surface area (Å²) in [7, 11) is 0. The molecule has 3 heteroatoms. The van der Waals surface area contributed by atoms with Gasteiger partial charge in [-0.15, -0.1) is 0 Å². The minimum Gasteiger partial charge on any atom is -0.454 e. The number of rotatable bonds is 4. The van der Waals surface area contributed by atoms with Crippen molar-refractivity contribution in [3.63, 3.8) is 0 Å². The van der Waals surface area contributed by atoms with Crippen LogP contribution < -0.4 is 4.74 Å². The molecular formula is C16H17FO2. The van der Waals surface area contributed by atoms with Crippen molar-refractivity contribution in [1.29, 1.82) is 0 Å². The van der Waals surface area contributed by atoms with E-state index in [-0.39, 0.29) is 12.4 Å². The van der Waals surface area contributed by atoms with E-state index in [4.69, 9.17) is 4.74 Å². The Bertz CT molecular complexity index is 564. The van der Waals surface area contributed by atoms with Crippen LogP contribution in [0.4, 0.5) is 4.39 Å². The van der Waals surface area contributed by atoms with E-state index < -0.39 is 5.82 Å². The molecule has 0 aromatic heterocycles. The summed E-state index contributed by atoms with van der Waals surface area (Å²) in [5.74, 6) is 0.569. The minimum absolute atomic E-state index is 0.0888. The highest BCUT2D eigenvalue weighted by Gasteiger charge is 2.11. The molecule has 0 aliphatic rings. The molecular weight excluding hydrogens is 243 g/mol. The first-order valence-electron chi connectivity index (χ1n) is 6.28. The van der Waals surface area contributed by atoms with E-state index in [1.807, 2.05) is 18.2 Å². The molecule has 0 aliphatic carbocycles. The number of hydrogen-bond acceptors (Lipinski definition) is 2. The van der Waals surface area contributed by atoms with E-state index in [1.54, 1.807) is 18.2 Å². The Morgan fingerprint density at radius 2 is 1.89 bits per heavy atom. The van der Waals surface area contributed by atoms with Crippen LogP contribution in [0.15, 0.2) is 42.5 Å². The highest BCUT2D eigenvalue weighted by atomic mass is 19.1. The lowest BCUT2D eigenvalue weighted by Gasteiger charge is -2.12. The van der Waals surface area contributed by atoms with Gasteiger partial charge in [-0.1, -0.05) is 38.1 Å². The SMILES string of the molecule is CC(C)c1cccc(Oc2c(F)cccc2CO)c1. The molecule has 2 aromatic rings. The summed E-state index contributed by atoms with van der Waals surface area (Å²) in [6.07, 6.45) is 0. The van der Waals surface area contributed by atoms with Gasteiger partial charge in [-0.3, -0.25) is 0 Å². The molecule has 0 aliphatic heterocycles. The van der Waals surface area contributed by atoms with Gasteiger partial charge < -0.3 is 9.84 Å². The van der Waals surface area contributed by atoms with Crippen LogP contribution in [0.25, 0.3) is 0 Å². The van der Waals surface area contributed by atoms with Crippen molar-refractivity contribution in [2.75, 3.05) is 0 Å². The van der Waals surface area contributed by atoms with Crippen molar-refractivity contribution in [2.24, 2.45) is 0 Å². The summed E-state index contributed by atoms with van der Waals surface area (Å²) in [4.78, 5) is 0. The van der Waals surface area contributed by atoms with Crippen LogP contribution in [0.3, 0.4) is 0 Å². The predicted octanol–water partition coefficient (Wildman–Crippen LogP) is 4.23. The van der Waals surface area contributed by atoms with Gasteiger partial charge in [-0.25, -0.2) is 4.39 Å². The molecule has 0 saturated carbocycles. The highest BCUT2D eigenvalue weighted by molar-refractivity contribution is 5.40. The molecule has 0 amide bonds. The third-order valence-corrected chi connectivity index (χ3v) is 2.96. The number of benzene rings is 2. The van der Waals surface area contributed by atoms with Gasteiger partial charge in [0.1, 0.15) is 5.75 Å². The molecule has 0 fully saturated rings. The maximum Gasteiger partial charge on any atom is 0.168 e. The van der Waals surface area contributed by atoms with Crippen molar-refractivity contribution in [1.82, 2.24) is 0 Å². The molecule has 0 saturated heterocycles. The van der Waals surface area contributed by atoms with E-state index in [0.717, 1.165) is 5.56 Å². The van der Waals surface area contributed by atoms with Crippen LogP contribution in [0.2, 0.25) is 0 Å². The molecule has 2 aromatic carbocycles. The fourth-order valence-electron chi connectivity index (χ4n) is 1.85. The van der Waals surface area contributed by atoms with Gasteiger partial charge in [0.25, 0.3) is 0 Å². The smallest absolute Gasteiger partial charge is 0.168 e. The van der Waals surface area contributed by atoms with Crippen LogP contribution in [0.1, 0.15) is 30.9 Å². The first-order valence-corrected chi connectivity index (χ1v) is 6.28. The standard InChI is InChI=1S/C16H17FO2/c1-11(2)12-5-3-7-14(9-12)19-16-13(10-18)6-4-8-15(16)17/h3-9,11,18H,10H2,1-2H3. The number of aliphatic hydroxyl groups is 1. The summed E-state index contributed by atoms with van der Waals surface area (Å²) in [5, 5.41) is 9.22. The lowest BCUT2D eigenvalue weighted by atomic mass is 10.0. The molecule has 0 unspecified atom stereocenters. The monoisotopic (exact) mass is 260 g/mol. The second-order valence-corrected chi connectivity index (χ2v) is 4.72. The summed E-state index contributed by atoms with van der Waals surface area (Å²) >= 11 is 0. The third-order valence-electron chi connectivity index (χ3n) is 2.96. The number of halogens is 1. The van der Waals surface area contributed by atoms with Crippen LogP contribution in [0.5, 0.6) is 11.5 Å². The Kier molecular flexibility index (Phi) is 4.17. The molecule has 1 N–H and O–H groups in total. The molecule has 2 nitrogen and oxygen atoms in total. The predicted molar refractivity (Wildman–Crippen MR) is 72.9 cm³/mol. The molecule has 100 valence electrons. The largest absolute Gasteiger partial charge is 0.454 e. The Balaban J connectivity index is 2.33. The number of hydrogen-bond donors (Lipinski definition) is 1. The summed E-state index contributed by atoms with van der Waals surface area (Å²) < 4.78 is 19.3. The zero-order valence-corrected chi connectivity index (χ0v) is 11.1. The highest BCUT2D eigenvalue weighted by Crippen LogP contribution is 2.30. The van der Waals surface area contributed by atoms with Gasteiger partial charge >= 0.3 is 0 Å². The second-order valence-electron chi connectivity index (χ2n) is 4.72. The Labute approximate surface area is 112 Å². The van der Waals surface area contributed by atoms with Crippen molar-refractivity contribution in [3.05, 3.63) is 59.4 Å². The van der Waals surface area contributed by atoms with Crippen molar-refractivity contribution < 1.29 is 14.2 Å². The maximum absolute atomic E-state index is 13.7. The minimum atomic E-state index is -0.471. The average Bonchev–Trinajstić information content (AvgIpc) is 2.41. The molecule has 0 spiro atoms. The number of ether oxygens (including phenoxy) is 1. The summed E-state index contributed by atoms with van der Waals surface area (Å²) in [6, 6.07) is 12.1. The van der Waals surface area contributed by atoms with E-state index in [9.17, 15) is 9.50 Å². The lowest BCUT2D eigenvalue weighted by molar-refractivity contribution is 0.274. The van der Waals surface area contributed by atoms with Gasteiger partial charge in [-0.05, 0) is 29.7 Å². The zero-order chi connectivity index (χ0) is 13.8. The molecule has 0 heterocycles. The van der Waals surface area contributed by atoms with Crippen LogP contribution in [0, 0.1) is 5.82 Å². The van der Waals surface area contributed by atoms with Gasteiger partial charge in [0.05, 0.1) is 6.61 Å². The molecule has 2 rings (SSSR count). The van der Waals surface area contributed by atoms with Gasteiger partial charge in [0, 0.05) is 5.56 Å². The first kappa shape index (κ1) is 13.6. The van der Waals surface area contributed by atoms with Gasteiger partial charge in [0.2, 0.25) is 0 Å². The van der Waals surface area contributed by atoms with E-state index in [0.29, 0.717) is 17.2 Å². The van der Waals surface area contributed by atoms with Crippen LogP contribution >= 0.6 is 0 Å². The van der Waals surface area contributed by atoms with Gasteiger partial charge in [-0.2, -0.15) is 0 Å². The molecule has 0 atom stereocenters. The lowest BCUT2D eigenvalue weighted by Crippen LogP contribution is -1.96. The van der Waals surface area contributed by atoms with E-state index >= 15 is 0 Å². The second kappa shape index (κ2) is 5.85. The van der Waals surface area contributed by atoms with Crippen molar-refractivity contribution in [2.45, 2.75) is 26.4 Å². The van der Waals surface area contributed by atoms with Crippen LogP contribution in [-0.4, -0.2) is 5.11 Å².